The molecule has 32 heavy (non-hydrogen) atoms. The molecule has 0 radical (unpaired) electrons. The number of benzene rings is 2. The number of carbonyl (C=O) groups excluding carboxylic acids is 2. The number of nitrogens with zero attached hydrogens (tertiary/aromatic N) is 3. The molecule has 4 rings (SSSR count). The average molecular weight is 456 g/mol. The standard InChI is InChI=1S/C22H21FN4O4S/c1-14(30-18-9-3-2-8-17(18)23)21-25-26-22(31-21)32-13-19(28)24-15-6-4-7-16(12-15)27-11-5-10-20(27)29/h2-4,6-9,12,14H,5,10-11,13H2,1H3,(H,24,28). The van der Waals surface area contributed by atoms with Gasteiger partial charge < -0.3 is 19.4 Å². The van der Waals surface area contributed by atoms with E-state index in [1.807, 2.05) is 6.07 Å². The summed E-state index contributed by atoms with van der Waals surface area (Å²) in [5, 5.41) is 10.8. The molecule has 10 heteroatoms. The lowest BCUT2D eigenvalue weighted by Crippen LogP contribution is -2.23. The van der Waals surface area contributed by atoms with Crippen LogP contribution in [0.15, 0.2) is 58.2 Å². The number of hydrogen-bond donors (Lipinski definition) is 1. The normalized spacial score (nSPS) is 14.4. The molecule has 0 saturated carbocycles. The van der Waals surface area contributed by atoms with Crippen LogP contribution in [-0.2, 0) is 9.59 Å². The Bertz CT molecular complexity index is 1120. The molecule has 1 fully saturated rings. The summed E-state index contributed by atoms with van der Waals surface area (Å²) in [6.07, 6.45) is 0.726. The van der Waals surface area contributed by atoms with Crippen LogP contribution in [0.1, 0.15) is 31.8 Å². The molecule has 1 aliphatic rings. The van der Waals surface area contributed by atoms with Crippen LogP contribution in [0.3, 0.4) is 0 Å². The highest BCUT2D eigenvalue weighted by Gasteiger charge is 2.22. The van der Waals surface area contributed by atoms with Gasteiger partial charge >= 0.3 is 0 Å². The highest BCUT2D eigenvalue weighted by molar-refractivity contribution is 7.99. The first-order valence-corrected chi connectivity index (χ1v) is 11.1. The predicted molar refractivity (Wildman–Crippen MR) is 117 cm³/mol. The number of aromatic nitrogens is 2. The maximum absolute atomic E-state index is 13.7. The minimum Gasteiger partial charge on any atom is -0.478 e. The van der Waals surface area contributed by atoms with Gasteiger partial charge in [-0.05, 0) is 43.7 Å². The van der Waals surface area contributed by atoms with E-state index in [2.05, 4.69) is 15.5 Å². The van der Waals surface area contributed by atoms with E-state index < -0.39 is 11.9 Å². The Balaban J connectivity index is 1.30. The Kier molecular flexibility index (Phi) is 6.69. The van der Waals surface area contributed by atoms with Crippen molar-refractivity contribution in [2.24, 2.45) is 0 Å². The van der Waals surface area contributed by atoms with Gasteiger partial charge in [-0.1, -0.05) is 30.0 Å². The summed E-state index contributed by atoms with van der Waals surface area (Å²) in [5.41, 5.74) is 1.37. The van der Waals surface area contributed by atoms with Crippen LogP contribution in [0.25, 0.3) is 0 Å². The molecule has 166 valence electrons. The smallest absolute Gasteiger partial charge is 0.277 e. The number of nitrogens with one attached hydrogen (secondary N) is 1. The number of thioether (sulfide) groups is 1. The highest BCUT2D eigenvalue weighted by Crippen LogP contribution is 2.27. The zero-order valence-corrected chi connectivity index (χ0v) is 18.1. The fraction of sp³-hybridized carbons (Fsp3) is 0.273. The minimum absolute atomic E-state index is 0.0526. The Morgan fingerprint density at radius 2 is 2.12 bits per heavy atom. The summed E-state index contributed by atoms with van der Waals surface area (Å²) in [4.78, 5) is 26.0. The van der Waals surface area contributed by atoms with E-state index in [-0.39, 0.29) is 34.4 Å². The van der Waals surface area contributed by atoms with Gasteiger partial charge in [0.2, 0.25) is 11.8 Å². The van der Waals surface area contributed by atoms with Gasteiger partial charge in [-0.25, -0.2) is 4.39 Å². The first-order chi connectivity index (χ1) is 15.5. The summed E-state index contributed by atoms with van der Waals surface area (Å²) in [7, 11) is 0. The Morgan fingerprint density at radius 3 is 2.91 bits per heavy atom. The zero-order valence-electron chi connectivity index (χ0n) is 17.3. The number of amides is 2. The number of rotatable bonds is 8. The van der Waals surface area contributed by atoms with E-state index in [0.29, 0.717) is 18.7 Å². The quantitative estimate of drug-likeness (QED) is 0.507. The molecular formula is C22H21FN4O4S. The maximum Gasteiger partial charge on any atom is 0.277 e. The molecule has 8 nitrogen and oxygen atoms in total. The lowest BCUT2D eigenvalue weighted by atomic mass is 10.2. The van der Waals surface area contributed by atoms with Gasteiger partial charge in [0.25, 0.3) is 11.1 Å². The largest absolute Gasteiger partial charge is 0.478 e. The molecule has 3 aromatic rings. The molecule has 2 aromatic carbocycles. The maximum atomic E-state index is 13.7. The third kappa shape index (κ3) is 5.25. The van der Waals surface area contributed by atoms with E-state index in [1.54, 1.807) is 42.2 Å². The lowest BCUT2D eigenvalue weighted by Gasteiger charge is -2.16. The number of ether oxygens (including phenoxy) is 1. The first kappa shape index (κ1) is 21.8. The number of halogens is 1. The van der Waals surface area contributed by atoms with E-state index in [4.69, 9.17) is 9.15 Å². The molecule has 1 aliphatic heterocycles. The summed E-state index contributed by atoms with van der Waals surface area (Å²) >= 11 is 1.08. The SMILES string of the molecule is CC(Oc1ccccc1F)c1nnc(SCC(=O)Nc2cccc(N3CCCC3=O)c2)o1. The Labute approximate surface area is 188 Å². The van der Waals surface area contributed by atoms with E-state index in [9.17, 15) is 14.0 Å². The van der Waals surface area contributed by atoms with Crippen LogP contribution in [0.4, 0.5) is 15.8 Å². The fourth-order valence-corrected chi connectivity index (χ4v) is 3.79. The van der Waals surface area contributed by atoms with Crippen molar-refractivity contribution in [3.05, 3.63) is 60.2 Å². The van der Waals surface area contributed by atoms with Gasteiger partial charge in [-0.15, -0.1) is 10.2 Å². The van der Waals surface area contributed by atoms with Crippen molar-refractivity contribution in [2.45, 2.75) is 31.1 Å². The molecule has 1 unspecified atom stereocenters. The molecular weight excluding hydrogens is 435 g/mol. The second kappa shape index (κ2) is 9.82. The summed E-state index contributed by atoms with van der Waals surface area (Å²) < 4.78 is 24.8. The highest BCUT2D eigenvalue weighted by atomic mass is 32.2. The second-order valence-corrected chi connectivity index (χ2v) is 8.06. The lowest BCUT2D eigenvalue weighted by molar-refractivity contribution is -0.117. The topological polar surface area (TPSA) is 97.6 Å². The Morgan fingerprint density at radius 1 is 1.28 bits per heavy atom. The second-order valence-electron chi connectivity index (χ2n) is 7.13. The molecule has 2 heterocycles. The van der Waals surface area contributed by atoms with Crippen LogP contribution >= 0.6 is 11.8 Å². The molecule has 2 amide bonds. The summed E-state index contributed by atoms with van der Waals surface area (Å²) in [6.45, 7) is 2.35. The molecule has 0 aliphatic carbocycles. The van der Waals surface area contributed by atoms with Crippen LogP contribution in [-0.4, -0.2) is 34.3 Å². The van der Waals surface area contributed by atoms with Gasteiger partial charge in [0.1, 0.15) is 0 Å². The molecule has 0 bridgehead atoms. The summed E-state index contributed by atoms with van der Waals surface area (Å²) in [6, 6.07) is 13.2. The number of para-hydroxylation sites is 1. The fourth-order valence-electron chi connectivity index (χ4n) is 3.22. The van der Waals surface area contributed by atoms with E-state index in [1.165, 1.54) is 12.1 Å². The number of hydrogen-bond acceptors (Lipinski definition) is 7. The number of carbonyl (C=O) groups is 2. The first-order valence-electron chi connectivity index (χ1n) is 10.1. The van der Waals surface area contributed by atoms with Gasteiger partial charge in [0.15, 0.2) is 17.7 Å². The third-order valence-electron chi connectivity index (χ3n) is 4.75. The van der Waals surface area contributed by atoms with Crippen LogP contribution in [0, 0.1) is 5.82 Å². The van der Waals surface area contributed by atoms with Crippen molar-refractivity contribution >= 4 is 35.0 Å². The Hall–Kier alpha value is -3.40. The minimum atomic E-state index is -0.654. The molecule has 1 aromatic heterocycles. The van der Waals surface area contributed by atoms with Crippen molar-refractivity contribution in [3.63, 3.8) is 0 Å². The van der Waals surface area contributed by atoms with Crippen molar-refractivity contribution in [3.8, 4) is 5.75 Å². The average Bonchev–Trinajstić information content (AvgIpc) is 3.43. The number of anilines is 2. The third-order valence-corrected chi connectivity index (χ3v) is 5.57. The van der Waals surface area contributed by atoms with Crippen LogP contribution in [0.5, 0.6) is 5.75 Å². The zero-order chi connectivity index (χ0) is 22.5. The van der Waals surface area contributed by atoms with Crippen molar-refractivity contribution in [1.82, 2.24) is 10.2 Å². The van der Waals surface area contributed by atoms with Gasteiger partial charge in [0.05, 0.1) is 5.75 Å². The van der Waals surface area contributed by atoms with Crippen molar-refractivity contribution in [2.75, 3.05) is 22.5 Å². The monoisotopic (exact) mass is 456 g/mol. The molecule has 0 spiro atoms. The van der Waals surface area contributed by atoms with E-state index in [0.717, 1.165) is 23.9 Å². The van der Waals surface area contributed by atoms with E-state index >= 15 is 0 Å². The van der Waals surface area contributed by atoms with Gasteiger partial charge in [0, 0.05) is 24.3 Å². The van der Waals surface area contributed by atoms with Crippen molar-refractivity contribution in [1.29, 1.82) is 0 Å². The predicted octanol–water partition coefficient (Wildman–Crippen LogP) is 4.21. The summed E-state index contributed by atoms with van der Waals surface area (Å²) in [5.74, 6) is -0.330. The molecule has 1 saturated heterocycles. The van der Waals surface area contributed by atoms with Gasteiger partial charge in [-0.3, -0.25) is 9.59 Å². The van der Waals surface area contributed by atoms with Crippen LogP contribution < -0.4 is 15.0 Å². The van der Waals surface area contributed by atoms with Crippen LogP contribution in [0.2, 0.25) is 0 Å². The van der Waals surface area contributed by atoms with Gasteiger partial charge in [-0.2, -0.15) is 0 Å². The molecule has 1 atom stereocenters. The van der Waals surface area contributed by atoms with Crippen molar-refractivity contribution < 1.29 is 23.1 Å². The molecule has 1 N–H and O–H groups in total.